The van der Waals surface area contributed by atoms with E-state index in [4.69, 9.17) is 9.47 Å². The number of benzene rings is 6. The van der Waals surface area contributed by atoms with Gasteiger partial charge in [0.15, 0.2) is 0 Å². The van der Waals surface area contributed by atoms with Gasteiger partial charge >= 0.3 is 11.9 Å². The van der Waals surface area contributed by atoms with Crippen LogP contribution in [-0.4, -0.2) is 22.2 Å². The largest absolute Gasteiger partial charge is 0.508 e. The molecular formula is C42H34N2O6. The average molecular weight is 663 g/mol. The minimum Gasteiger partial charge on any atom is -0.508 e. The molecule has 8 heteroatoms. The van der Waals surface area contributed by atoms with Gasteiger partial charge in [0.2, 0.25) is 11.1 Å². The first kappa shape index (κ1) is 33.4. The topological polar surface area (TPSA) is 118 Å². The van der Waals surface area contributed by atoms with Crippen molar-refractivity contribution in [3.8, 4) is 45.3 Å². The first-order chi connectivity index (χ1) is 24.1. The molecule has 0 spiro atoms. The molecule has 0 radical (unpaired) electrons. The smallest absolute Gasteiger partial charge is 0.345 e. The molecule has 8 nitrogen and oxygen atoms in total. The van der Waals surface area contributed by atoms with Crippen LogP contribution in [-0.2, 0) is 20.7 Å². The van der Waals surface area contributed by atoms with Crippen molar-refractivity contribution in [2.75, 3.05) is 0 Å². The van der Waals surface area contributed by atoms with Crippen LogP contribution in [0.15, 0.2) is 168 Å². The van der Waals surface area contributed by atoms with Crippen molar-refractivity contribution >= 4 is 11.9 Å². The highest BCUT2D eigenvalue weighted by Gasteiger charge is 2.43. The quantitative estimate of drug-likeness (QED) is 0.0858. The fourth-order valence-corrected chi connectivity index (χ4v) is 5.31. The van der Waals surface area contributed by atoms with Gasteiger partial charge in [-0.2, -0.15) is 10.2 Å². The number of azo groups is 1. The first-order valence-electron chi connectivity index (χ1n) is 15.9. The summed E-state index contributed by atoms with van der Waals surface area (Å²) in [7, 11) is 0. The Balaban J connectivity index is 1.32. The molecule has 0 amide bonds. The SMILES string of the molecule is CC(N=NC(C)(C(=O)Oc1ccc(-c2ccccc2)cc1)c1ccc(O)cc1)(C(=O)Oc1ccc(-c2ccccc2)cc1)c1ccc(O)cc1. The van der Waals surface area contributed by atoms with Gasteiger partial charge in [-0.15, -0.1) is 0 Å². The van der Waals surface area contributed by atoms with Crippen LogP contribution in [0.25, 0.3) is 22.3 Å². The Bertz CT molecular complexity index is 1950. The van der Waals surface area contributed by atoms with Crippen molar-refractivity contribution in [3.05, 3.63) is 169 Å². The van der Waals surface area contributed by atoms with Gasteiger partial charge in [-0.25, -0.2) is 9.59 Å². The van der Waals surface area contributed by atoms with E-state index >= 15 is 0 Å². The number of hydrogen-bond acceptors (Lipinski definition) is 8. The number of rotatable bonds is 10. The predicted molar refractivity (Wildman–Crippen MR) is 191 cm³/mol. The van der Waals surface area contributed by atoms with Crippen LogP contribution in [0.3, 0.4) is 0 Å². The highest BCUT2D eigenvalue weighted by atomic mass is 16.5. The molecule has 6 aromatic carbocycles. The van der Waals surface area contributed by atoms with Gasteiger partial charge in [-0.05, 0) is 95.8 Å². The van der Waals surface area contributed by atoms with Gasteiger partial charge in [0, 0.05) is 0 Å². The Hall–Kier alpha value is -6.54. The standard InChI is InChI=1S/C42H34N2O6/c1-41(33-17-21-35(45)22-18-33,39(47)49-37-25-13-31(14-26-37)29-9-5-3-6-10-29)43-44-42(2,34-19-23-36(46)24-20-34)40(48)50-38-27-15-32(16-28-38)30-11-7-4-8-12-30/h3-28,45-46H,1-2H3. The molecule has 0 aromatic heterocycles. The Labute approximate surface area is 289 Å². The molecule has 0 heterocycles. The molecule has 0 bridgehead atoms. The third kappa shape index (κ3) is 7.29. The van der Waals surface area contributed by atoms with Crippen LogP contribution in [0, 0.1) is 0 Å². The lowest BCUT2D eigenvalue weighted by atomic mass is 9.91. The van der Waals surface area contributed by atoms with Crippen LogP contribution >= 0.6 is 0 Å². The summed E-state index contributed by atoms with van der Waals surface area (Å²) in [6.45, 7) is 3.04. The third-order valence-electron chi connectivity index (χ3n) is 8.45. The second-order valence-corrected chi connectivity index (χ2v) is 12.0. The lowest BCUT2D eigenvalue weighted by Gasteiger charge is -2.27. The number of phenols is 2. The van der Waals surface area contributed by atoms with E-state index in [0.717, 1.165) is 22.3 Å². The lowest BCUT2D eigenvalue weighted by molar-refractivity contribution is -0.142. The zero-order valence-electron chi connectivity index (χ0n) is 27.4. The Morgan fingerprint density at radius 2 is 0.740 bits per heavy atom. The molecule has 248 valence electrons. The molecule has 6 rings (SSSR count). The van der Waals surface area contributed by atoms with E-state index in [1.165, 1.54) is 38.1 Å². The van der Waals surface area contributed by atoms with E-state index < -0.39 is 23.0 Å². The van der Waals surface area contributed by atoms with Crippen molar-refractivity contribution in [1.29, 1.82) is 0 Å². The fraction of sp³-hybridized carbons (Fsp3) is 0.0952. The summed E-state index contributed by atoms with van der Waals surface area (Å²) < 4.78 is 11.7. The monoisotopic (exact) mass is 662 g/mol. The maximum absolute atomic E-state index is 14.0. The van der Waals surface area contributed by atoms with Crippen molar-refractivity contribution in [3.63, 3.8) is 0 Å². The maximum Gasteiger partial charge on any atom is 0.345 e. The number of aromatic hydroxyl groups is 2. The van der Waals surface area contributed by atoms with Gasteiger partial charge in [-0.3, -0.25) is 0 Å². The van der Waals surface area contributed by atoms with Gasteiger partial charge in [0.05, 0.1) is 0 Å². The summed E-state index contributed by atoms with van der Waals surface area (Å²) in [6, 6.07) is 45.6. The molecule has 0 aliphatic rings. The molecule has 2 atom stereocenters. The fourth-order valence-electron chi connectivity index (χ4n) is 5.31. The molecule has 50 heavy (non-hydrogen) atoms. The van der Waals surface area contributed by atoms with Crippen LogP contribution < -0.4 is 9.47 Å². The number of carbonyl (C=O) groups is 2. The zero-order valence-corrected chi connectivity index (χ0v) is 27.4. The number of carbonyl (C=O) groups excluding carboxylic acids is 2. The Kier molecular flexibility index (Phi) is 9.54. The number of nitrogens with zero attached hydrogens (tertiary/aromatic N) is 2. The summed E-state index contributed by atoms with van der Waals surface area (Å²) in [4.78, 5) is 28.0. The minimum atomic E-state index is -1.76. The molecule has 0 fully saturated rings. The molecule has 2 unspecified atom stereocenters. The third-order valence-corrected chi connectivity index (χ3v) is 8.45. The number of esters is 2. The van der Waals surface area contributed by atoms with Gasteiger partial charge in [-0.1, -0.05) is 109 Å². The minimum absolute atomic E-state index is 0.00583. The molecule has 0 aliphatic carbocycles. The van der Waals surface area contributed by atoms with Crippen LogP contribution in [0.1, 0.15) is 25.0 Å². The van der Waals surface area contributed by atoms with Gasteiger partial charge in [0.1, 0.15) is 23.0 Å². The van der Waals surface area contributed by atoms with E-state index in [2.05, 4.69) is 10.2 Å². The summed E-state index contributed by atoms with van der Waals surface area (Å²) in [6.07, 6.45) is 0. The lowest BCUT2D eigenvalue weighted by Crippen LogP contribution is -2.38. The number of ether oxygens (including phenoxy) is 2. The summed E-state index contributed by atoms with van der Waals surface area (Å²) in [5.41, 5.74) is 1.13. The van der Waals surface area contributed by atoms with Crippen molar-refractivity contribution in [2.24, 2.45) is 10.2 Å². The summed E-state index contributed by atoms with van der Waals surface area (Å²) >= 11 is 0. The van der Waals surface area contributed by atoms with Crippen LogP contribution in [0.2, 0.25) is 0 Å². The predicted octanol–water partition coefficient (Wildman–Crippen LogP) is 9.23. The maximum atomic E-state index is 14.0. The zero-order chi connectivity index (χ0) is 35.1. The molecule has 6 aromatic rings. The highest BCUT2D eigenvalue weighted by Crippen LogP contribution is 2.36. The molecular weight excluding hydrogens is 628 g/mol. The molecule has 2 N–H and O–H groups in total. The van der Waals surface area contributed by atoms with Crippen molar-refractivity contribution in [2.45, 2.75) is 24.9 Å². The second-order valence-electron chi connectivity index (χ2n) is 12.0. The second kappa shape index (κ2) is 14.3. The van der Waals surface area contributed by atoms with Crippen LogP contribution in [0.5, 0.6) is 23.0 Å². The van der Waals surface area contributed by atoms with Gasteiger partial charge in [0.25, 0.3) is 0 Å². The molecule has 0 saturated heterocycles. The molecule has 0 aliphatic heterocycles. The van der Waals surface area contributed by atoms with Gasteiger partial charge < -0.3 is 19.7 Å². The van der Waals surface area contributed by atoms with Crippen molar-refractivity contribution in [1.82, 2.24) is 0 Å². The summed E-state index contributed by atoms with van der Waals surface area (Å²) in [5.74, 6) is -0.971. The van der Waals surface area contributed by atoms with Crippen LogP contribution in [0.4, 0.5) is 0 Å². The highest BCUT2D eigenvalue weighted by molar-refractivity contribution is 5.86. The van der Waals surface area contributed by atoms with Crippen molar-refractivity contribution < 1.29 is 29.3 Å². The van der Waals surface area contributed by atoms with E-state index in [9.17, 15) is 19.8 Å². The molecule has 0 saturated carbocycles. The van der Waals surface area contributed by atoms with E-state index in [1.807, 2.05) is 84.9 Å². The first-order valence-corrected chi connectivity index (χ1v) is 15.9. The van der Waals surface area contributed by atoms with E-state index in [1.54, 1.807) is 48.5 Å². The Morgan fingerprint density at radius 3 is 1.06 bits per heavy atom. The number of phenolic OH excluding ortho intramolecular Hbond substituents is 2. The average Bonchev–Trinajstić information content (AvgIpc) is 3.15. The normalized spacial score (nSPS) is 13.6. The Morgan fingerprint density at radius 1 is 0.440 bits per heavy atom. The summed E-state index contributed by atoms with van der Waals surface area (Å²) in [5, 5.41) is 29.0. The van der Waals surface area contributed by atoms with E-state index in [0.29, 0.717) is 11.1 Å². The number of hydrogen-bond donors (Lipinski definition) is 2. The van der Waals surface area contributed by atoms with E-state index in [-0.39, 0.29) is 23.0 Å².